The molecule has 0 amide bonds. The second-order valence-electron chi connectivity index (χ2n) is 17.1. The topological polar surface area (TPSA) is 78.9 Å². The van der Waals surface area contributed by atoms with E-state index in [1.54, 1.807) is 0 Å². The van der Waals surface area contributed by atoms with E-state index in [2.05, 4.69) is 69.4 Å². The van der Waals surface area contributed by atoms with E-state index in [-0.39, 0.29) is 31.1 Å². The van der Waals surface area contributed by atoms with Gasteiger partial charge in [0.2, 0.25) is 0 Å². The Bertz CT molecular complexity index is 1060. The van der Waals surface area contributed by atoms with Crippen LogP contribution in [0.1, 0.15) is 258 Å². The predicted octanol–water partition coefficient (Wildman–Crippen LogP) is 16.7. The van der Waals surface area contributed by atoms with Gasteiger partial charge < -0.3 is 14.2 Å². The van der Waals surface area contributed by atoms with Crippen molar-refractivity contribution >= 4 is 17.9 Å². The van der Waals surface area contributed by atoms with E-state index in [1.807, 2.05) is 0 Å². The minimum atomic E-state index is -0.783. The number of rotatable bonds is 46. The Labute approximate surface area is 371 Å². The third-order valence-corrected chi connectivity index (χ3v) is 11.0. The summed E-state index contributed by atoms with van der Waals surface area (Å²) < 4.78 is 16.8. The van der Waals surface area contributed by atoms with Gasteiger partial charge in [0.25, 0.3) is 0 Å². The zero-order valence-corrected chi connectivity index (χ0v) is 39.7. The maximum absolute atomic E-state index is 12.8. The summed E-state index contributed by atoms with van der Waals surface area (Å²) in [7, 11) is 0. The van der Waals surface area contributed by atoms with Crippen LogP contribution in [0.2, 0.25) is 0 Å². The number of hydrogen-bond acceptors (Lipinski definition) is 6. The molecule has 0 aliphatic rings. The zero-order valence-electron chi connectivity index (χ0n) is 39.7. The molecule has 60 heavy (non-hydrogen) atoms. The van der Waals surface area contributed by atoms with Crippen LogP contribution < -0.4 is 0 Å². The first-order valence-electron chi connectivity index (χ1n) is 25.6. The van der Waals surface area contributed by atoms with Crippen LogP contribution in [0.3, 0.4) is 0 Å². The Kier molecular flexibility index (Phi) is 46.9. The number of ether oxygens (including phenoxy) is 3. The van der Waals surface area contributed by atoms with E-state index in [9.17, 15) is 14.4 Å². The molecular formula is C54H96O6. The maximum atomic E-state index is 12.8. The average Bonchev–Trinajstić information content (AvgIpc) is 3.24. The second-order valence-corrected chi connectivity index (χ2v) is 17.1. The average molecular weight is 841 g/mol. The van der Waals surface area contributed by atoms with Crippen LogP contribution in [0, 0.1) is 0 Å². The molecule has 1 atom stereocenters. The summed E-state index contributed by atoms with van der Waals surface area (Å²) in [5.74, 6) is -0.906. The van der Waals surface area contributed by atoms with Crippen LogP contribution in [-0.4, -0.2) is 37.2 Å². The fraction of sp³-hybridized carbons (Fsp3) is 0.796. The first-order chi connectivity index (χ1) is 29.5. The lowest BCUT2D eigenvalue weighted by atomic mass is 10.1. The Hall–Kier alpha value is -2.63. The van der Waals surface area contributed by atoms with Gasteiger partial charge in [0.15, 0.2) is 6.10 Å². The Morgan fingerprint density at radius 3 is 1.03 bits per heavy atom. The number of carbonyl (C=O) groups excluding carboxylic acids is 3. The molecule has 6 nitrogen and oxygen atoms in total. The number of unbranched alkanes of at least 4 members (excludes halogenated alkanes) is 27. The van der Waals surface area contributed by atoms with Gasteiger partial charge in [-0.2, -0.15) is 0 Å². The Balaban J connectivity index is 4.37. The lowest BCUT2D eigenvalue weighted by molar-refractivity contribution is -0.167. The number of hydrogen-bond donors (Lipinski definition) is 0. The van der Waals surface area contributed by atoms with Crippen LogP contribution in [0.4, 0.5) is 0 Å². The fourth-order valence-electron chi connectivity index (χ4n) is 7.12. The molecule has 0 spiro atoms. The highest BCUT2D eigenvalue weighted by molar-refractivity contribution is 5.71. The maximum Gasteiger partial charge on any atom is 0.306 e. The second kappa shape index (κ2) is 49.0. The van der Waals surface area contributed by atoms with Crippen LogP contribution in [-0.2, 0) is 28.6 Å². The number of esters is 3. The van der Waals surface area contributed by atoms with Crippen molar-refractivity contribution in [3.8, 4) is 0 Å². The van der Waals surface area contributed by atoms with Gasteiger partial charge in [0.05, 0.1) is 0 Å². The van der Waals surface area contributed by atoms with E-state index in [0.29, 0.717) is 19.3 Å². The summed E-state index contributed by atoms with van der Waals surface area (Å²) in [6, 6.07) is 0. The van der Waals surface area contributed by atoms with Gasteiger partial charge in [-0.15, -0.1) is 0 Å². The summed E-state index contributed by atoms with van der Waals surface area (Å²) in [5, 5.41) is 0. The molecule has 0 saturated carbocycles. The highest BCUT2D eigenvalue weighted by Gasteiger charge is 2.19. The van der Waals surface area contributed by atoms with Gasteiger partial charge in [0.1, 0.15) is 13.2 Å². The van der Waals surface area contributed by atoms with Gasteiger partial charge in [-0.1, -0.05) is 191 Å². The lowest BCUT2D eigenvalue weighted by Gasteiger charge is -2.18. The molecule has 0 heterocycles. The normalized spacial score (nSPS) is 12.4. The minimum Gasteiger partial charge on any atom is -0.462 e. The van der Waals surface area contributed by atoms with E-state index in [1.165, 1.54) is 122 Å². The van der Waals surface area contributed by atoms with Gasteiger partial charge in [-0.25, -0.2) is 0 Å². The highest BCUT2D eigenvalue weighted by Crippen LogP contribution is 2.14. The van der Waals surface area contributed by atoms with Crippen LogP contribution in [0.15, 0.2) is 48.6 Å². The van der Waals surface area contributed by atoms with Crippen molar-refractivity contribution in [3.05, 3.63) is 48.6 Å². The monoisotopic (exact) mass is 841 g/mol. The number of allylic oxidation sites excluding steroid dienone is 8. The van der Waals surface area contributed by atoms with Gasteiger partial charge in [0, 0.05) is 19.3 Å². The molecule has 1 unspecified atom stereocenters. The van der Waals surface area contributed by atoms with Crippen molar-refractivity contribution in [1.29, 1.82) is 0 Å². The Morgan fingerprint density at radius 1 is 0.333 bits per heavy atom. The molecule has 0 fully saturated rings. The molecule has 0 N–H and O–H groups in total. The summed E-state index contributed by atoms with van der Waals surface area (Å²) >= 11 is 0. The van der Waals surface area contributed by atoms with Crippen molar-refractivity contribution < 1.29 is 28.6 Å². The fourth-order valence-corrected chi connectivity index (χ4v) is 7.12. The van der Waals surface area contributed by atoms with Gasteiger partial charge in [-0.05, 0) is 96.3 Å². The van der Waals surface area contributed by atoms with Gasteiger partial charge >= 0.3 is 17.9 Å². The summed E-state index contributed by atoms with van der Waals surface area (Å²) in [4.78, 5) is 37.9. The molecule has 0 radical (unpaired) electrons. The molecule has 0 aliphatic carbocycles. The van der Waals surface area contributed by atoms with Gasteiger partial charge in [-0.3, -0.25) is 14.4 Å². The van der Waals surface area contributed by atoms with Crippen LogP contribution in [0.5, 0.6) is 0 Å². The summed E-state index contributed by atoms with van der Waals surface area (Å²) in [5.41, 5.74) is 0. The van der Waals surface area contributed by atoms with E-state index in [0.717, 1.165) is 96.3 Å². The molecule has 348 valence electrons. The van der Waals surface area contributed by atoms with Crippen molar-refractivity contribution in [2.45, 2.75) is 264 Å². The molecule has 0 aromatic heterocycles. The highest BCUT2D eigenvalue weighted by atomic mass is 16.6. The van der Waals surface area contributed by atoms with Crippen molar-refractivity contribution in [2.24, 2.45) is 0 Å². The third kappa shape index (κ3) is 46.4. The molecular weight excluding hydrogens is 745 g/mol. The third-order valence-electron chi connectivity index (χ3n) is 11.0. The largest absolute Gasteiger partial charge is 0.462 e. The zero-order chi connectivity index (χ0) is 43.7. The Morgan fingerprint density at radius 2 is 0.633 bits per heavy atom. The molecule has 0 aromatic carbocycles. The molecule has 0 bridgehead atoms. The lowest BCUT2D eigenvalue weighted by Crippen LogP contribution is -2.30. The van der Waals surface area contributed by atoms with Crippen molar-refractivity contribution in [2.75, 3.05) is 13.2 Å². The molecule has 0 aliphatic heterocycles. The van der Waals surface area contributed by atoms with Crippen molar-refractivity contribution in [1.82, 2.24) is 0 Å². The number of carbonyl (C=O) groups is 3. The molecule has 6 heteroatoms. The molecule has 0 rings (SSSR count). The first-order valence-corrected chi connectivity index (χ1v) is 25.6. The molecule has 0 aromatic rings. The quantitative estimate of drug-likeness (QED) is 0.0263. The summed E-state index contributed by atoms with van der Waals surface area (Å²) in [6.07, 6.45) is 58.0. The van der Waals surface area contributed by atoms with Crippen molar-refractivity contribution in [3.63, 3.8) is 0 Å². The predicted molar refractivity (Wildman–Crippen MR) is 256 cm³/mol. The smallest absolute Gasteiger partial charge is 0.306 e. The van der Waals surface area contributed by atoms with E-state index in [4.69, 9.17) is 14.2 Å². The SMILES string of the molecule is CCC/C=C\C/C=C\CCCCCCCC(=O)OC(COC(=O)CCCCCCC/C=C\CCCCC)COC(=O)CCCCCCCCC/C=C\CCCCCCCC. The standard InChI is InChI=1S/C54H96O6/c1-4-7-10-13-16-19-22-25-26-27-28-30-32-35-38-41-44-47-53(56)59-50-51(49-58-52(55)46-43-40-37-34-31-24-21-18-15-12-9-6-3)60-54(57)48-45-42-39-36-33-29-23-20-17-14-11-8-5-2/h11,14,18,20-21,23,25-26,51H,4-10,12-13,15-17,19,22,24,27-50H2,1-3H3/b14-11-,21-18-,23-20-,26-25-. The van der Waals surface area contributed by atoms with E-state index >= 15 is 0 Å². The first kappa shape index (κ1) is 57.4. The minimum absolute atomic E-state index is 0.0831. The van der Waals surface area contributed by atoms with Crippen LogP contribution in [0.25, 0.3) is 0 Å². The molecule has 0 saturated heterocycles. The van der Waals surface area contributed by atoms with E-state index < -0.39 is 6.10 Å². The van der Waals surface area contributed by atoms with Crippen LogP contribution >= 0.6 is 0 Å². The summed E-state index contributed by atoms with van der Waals surface area (Å²) in [6.45, 7) is 6.53.